The topological polar surface area (TPSA) is 64.9 Å². The van der Waals surface area contributed by atoms with Gasteiger partial charge in [0.1, 0.15) is 6.04 Å². The molecule has 1 aliphatic rings. The second-order valence-electron chi connectivity index (χ2n) is 4.58. The van der Waals surface area contributed by atoms with Gasteiger partial charge in [0, 0.05) is 6.42 Å². The van der Waals surface area contributed by atoms with Gasteiger partial charge >= 0.3 is 0 Å². The van der Waals surface area contributed by atoms with E-state index in [0.717, 1.165) is 23.7 Å². The molecule has 0 spiro atoms. The van der Waals surface area contributed by atoms with Crippen LogP contribution in [0.15, 0.2) is 34.9 Å². The number of aromatic nitrogens is 2. The molecule has 1 heterocycles. The van der Waals surface area contributed by atoms with E-state index in [1.54, 1.807) is 0 Å². The first-order valence-electron chi connectivity index (χ1n) is 5.96. The molecule has 2 aromatic rings. The van der Waals surface area contributed by atoms with Crippen LogP contribution < -0.4 is 5.73 Å². The Balaban J connectivity index is 1.76. The zero-order chi connectivity index (χ0) is 11.7. The Bertz CT molecular complexity index is 490. The predicted octanol–water partition coefficient (Wildman–Crippen LogP) is 2.07. The maximum Gasteiger partial charge on any atom is 0.248 e. The molecule has 17 heavy (non-hydrogen) atoms. The van der Waals surface area contributed by atoms with Gasteiger partial charge < -0.3 is 10.3 Å². The molecule has 0 aliphatic heterocycles. The highest BCUT2D eigenvalue weighted by atomic mass is 16.5. The fraction of sp³-hybridized carbons (Fsp3) is 0.385. The van der Waals surface area contributed by atoms with E-state index in [9.17, 15) is 0 Å². The van der Waals surface area contributed by atoms with Crippen molar-refractivity contribution in [3.63, 3.8) is 0 Å². The molecule has 1 saturated carbocycles. The maximum atomic E-state index is 6.08. The van der Waals surface area contributed by atoms with Crippen molar-refractivity contribution in [3.05, 3.63) is 47.6 Å². The third-order valence-corrected chi connectivity index (χ3v) is 3.08. The number of nitrogens with zero attached hydrogens (tertiary/aromatic N) is 2. The lowest BCUT2D eigenvalue weighted by atomic mass is 10.1. The first-order valence-corrected chi connectivity index (χ1v) is 5.96. The summed E-state index contributed by atoms with van der Waals surface area (Å²) in [5.74, 6) is 2.05. The smallest absolute Gasteiger partial charge is 0.248 e. The Morgan fingerprint density at radius 2 is 2.06 bits per heavy atom. The number of benzene rings is 1. The zero-order valence-electron chi connectivity index (χ0n) is 9.54. The molecule has 1 aromatic heterocycles. The van der Waals surface area contributed by atoms with Crippen LogP contribution >= 0.6 is 0 Å². The van der Waals surface area contributed by atoms with Gasteiger partial charge in [-0.3, -0.25) is 0 Å². The summed E-state index contributed by atoms with van der Waals surface area (Å²) >= 11 is 0. The Morgan fingerprint density at radius 1 is 1.29 bits per heavy atom. The van der Waals surface area contributed by atoms with Crippen LogP contribution in [0.1, 0.15) is 36.2 Å². The summed E-state index contributed by atoms with van der Waals surface area (Å²) in [7, 11) is 0. The molecule has 1 aromatic carbocycles. The average Bonchev–Trinajstić information content (AvgIpc) is 3.06. The van der Waals surface area contributed by atoms with Crippen LogP contribution in [0.3, 0.4) is 0 Å². The van der Waals surface area contributed by atoms with E-state index in [1.807, 2.05) is 30.3 Å². The Kier molecular flexibility index (Phi) is 2.65. The normalized spacial score (nSPS) is 17.0. The third-order valence-electron chi connectivity index (χ3n) is 3.08. The molecule has 0 radical (unpaired) electrons. The molecular formula is C13H15N3O. The van der Waals surface area contributed by atoms with Gasteiger partial charge in [0.2, 0.25) is 5.89 Å². The lowest BCUT2D eigenvalue weighted by molar-refractivity contribution is 0.362. The van der Waals surface area contributed by atoms with E-state index in [0.29, 0.717) is 5.89 Å². The highest BCUT2D eigenvalue weighted by Crippen LogP contribution is 2.32. The van der Waals surface area contributed by atoms with Crippen molar-refractivity contribution in [3.8, 4) is 0 Å². The Hall–Kier alpha value is -1.68. The maximum absolute atomic E-state index is 6.08. The highest BCUT2D eigenvalue weighted by Gasteiger charge is 2.25. The van der Waals surface area contributed by atoms with Crippen molar-refractivity contribution >= 4 is 0 Å². The monoisotopic (exact) mass is 229 g/mol. The molecule has 1 atom stereocenters. The summed E-state index contributed by atoms with van der Waals surface area (Å²) in [4.78, 5) is 4.36. The van der Waals surface area contributed by atoms with Crippen molar-refractivity contribution in [1.82, 2.24) is 10.1 Å². The Morgan fingerprint density at radius 3 is 2.76 bits per heavy atom. The number of rotatable bonds is 4. The lowest BCUT2D eigenvalue weighted by Crippen LogP contribution is -2.12. The minimum Gasteiger partial charge on any atom is -0.337 e. The summed E-state index contributed by atoms with van der Waals surface area (Å²) in [5.41, 5.74) is 7.07. The summed E-state index contributed by atoms with van der Waals surface area (Å²) in [6.45, 7) is 0. The molecule has 1 fully saturated rings. The van der Waals surface area contributed by atoms with Gasteiger partial charge in [-0.15, -0.1) is 0 Å². The van der Waals surface area contributed by atoms with Crippen LogP contribution in [0, 0.1) is 5.92 Å². The molecule has 4 nitrogen and oxygen atoms in total. The molecule has 0 saturated heterocycles. The lowest BCUT2D eigenvalue weighted by Gasteiger charge is -2.05. The van der Waals surface area contributed by atoms with E-state index in [2.05, 4.69) is 10.1 Å². The van der Waals surface area contributed by atoms with Gasteiger partial charge in [0.15, 0.2) is 5.82 Å². The predicted molar refractivity (Wildman–Crippen MR) is 63.2 cm³/mol. The molecule has 88 valence electrons. The molecule has 4 heteroatoms. The van der Waals surface area contributed by atoms with E-state index in [1.165, 1.54) is 12.8 Å². The molecule has 2 N–H and O–H groups in total. The van der Waals surface area contributed by atoms with Gasteiger partial charge in [-0.05, 0) is 24.3 Å². The first-order chi connectivity index (χ1) is 8.33. The van der Waals surface area contributed by atoms with Crippen molar-refractivity contribution in [2.45, 2.75) is 25.3 Å². The van der Waals surface area contributed by atoms with Crippen LogP contribution in [-0.2, 0) is 6.42 Å². The van der Waals surface area contributed by atoms with Crippen LogP contribution in [0.25, 0.3) is 0 Å². The molecule has 0 unspecified atom stereocenters. The van der Waals surface area contributed by atoms with Crippen LogP contribution in [0.5, 0.6) is 0 Å². The summed E-state index contributed by atoms with van der Waals surface area (Å²) in [6, 6.07) is 9.48. The van der Waals surface area contributed by atoms with Crippen molar-refractivity contribution in [2.75, 3.05) is 0 Å². The van der Waals surface area contributed by atoms with Crippen molar-refractivity contribution < 1.29 is 4.52 Å². The second-order valence-corrected chi connectivity index (χ2v) is 4.58. The van der Waals surface area contributed by atoms with Gasteiger partial charge in [-0.1, -0.05) is 35.5 Å². The summed E-state index contributed by atoms with van der Waals surface area (Å²) in [5, 5.41) is 3.98. The second kappa shape index (κ2) is 4.30. The fourth-order valence-electron chi connectivity index (χ4n) is 1.86. The van der Waals surface area contributed by atoms with Gasteiger partial charge in [0.05, 0.1) is 0 Å². The average molecular weight is 229 g/mol. The SMILES string of the molecule is N[C@H](c1ccccc1)c1nc(CC2CC2)no1. The van der Waals surface area contributed by atoms with E-state index in [-0.39, 0.29) is 6.04 Å². The van der Waals surface area contributed by atoms with Crippen LogP contribution in [-0.4, -0.2) is 10.1 Å². The van der Waals surface area contributed by atoms with E-state index < -0.39 is 0 Å². The van der Waals surface area contributed by atoms with E-state index >= 15 is 0 Å². The van der Waals surface area contributed by atoms with Crippen molar-refractivity contribution in [2.24, 2.45) is 11.7 Å². The molecule has 0 bridgehead atoms. The minimum absolute atomic E-state index is 0.323. The van der Waals surface area contributed by atoms with Crippen LogP contribution in [0.4, 0.5) is 0 Å². The van der Waals surface area contributed by atoms with Crippen LogP contribution in [0.2, 0.25) is 0 Å². The van der Waals surface area contributed by atoms with Crippen molar-refractivity contribution in [1.29, 1.82) is 0 Å². The van der Waals surface area contributed by atoms with Gasteiger partial charge in [-0.25, -0.2) is 0 Å². The standard InChI is InChI=1S/C13H15N3O/c14-12(10-4-2-1-3-5-10)13-15-11(16-17-13)8-9-6-7-9/h1-5,9,12H,6-8,14H2/t12-/m1/s1. The summed E-state index contributed by atoms with van der Waals surface area (Å²) < 4.78 is 5.22. The summed E-state index contributed by atoms with van der Waals surface area (Å²) in [6.07, 6.45) is 3.49. The fourth-order valence-corrected chi connectivity index (χ4v) is 1.86. The van der Waals surface area contributed by atoms with E-state index in [4.69, 9.17) is 10.3 Å². The van der Waals surface area contributed by atoms with Gasteiger partial charge in [-0.2, -0.15) is 4.98 Å². The number of hydrogen-bond donors (Lipinski definition) is 1. The largest absolute Gasteiger partial charge is 0.337 e. The first kappa shape index (κ1) is 10.5. The Labute approximate surface area is 99.8 Å². The molecular weight excluding hydrogens is 214 g/mol. The third kappa shape index (κ3) is 2.36. The molecule has 0 amide bonds. The number of hydrogen-bond acceptors (Lipinski definition) is 4. The highest BCUT2D eigenvalue weighted by molar-refractivity contribution is 5.22. The van der Waals surface area contributed by atoms with Gasteiger partial charge in [0.25, 0.3) is 0 Å². The number of nitrogens with two attached hydrogens (primary N) is 1. The minimum atomic E-state index is -0.323. The quantitative estimate of drug-likeness (QED) is 0.871. The molecule has 3 rings (SSSR count). The zero-order valence-corrected chi connectivity index (χ0v) is 9.54. The molecule has 1 aliphatic carbocycles.